The maximum Gasteiger partial charge on any atom is 0.325 e. The number of hydrogen-bond acceptors (Lipinski definition) is 2. The van der Waals surface area contributed by atoms with E-state index in [0.29, 0.717) is 5.56 Å². The largest absolute Gasteiger partial charge is 0.325 e. The predicted molar refractivity (Wildman–Crippen MR) is 42.4 cm³/mol. The van der Waals surface area contributed by atoms with Gasteiger partial charge in [0.2, 0.25) is 0 Å². The zero-order valence-electron chi connectivity index (χ0n) is 6.05. The van der Waals surface area contributed by atoms with Crippen LogP contribution < -0.4 is 11.2 Å². The Kier molecular flexibility index (Phi) is 2.06. The molecule has 0 aliphatic rings. The normalized spacial score (nSPS) is 10.6. The molecule has 4 nitrogen and oxygen atoms in total. The Bertz CT molecular complexity index is 373. The lowest BCUT2D eigenvalue weighted by molar-refractivity contribution is 1.03. The van der Waals surface area contributed by atoms with Crippen molar-refractivity contribution in [1.29, 1.82) is 0 Å². The van der Waals surface area contributed by atoms with Crippen LogP contribution in [0.1, 0.15) is 12.5 Å². The second-order valence-corrected chi connectivity index (χ2v) is 2.03. The molecule has 0 atom stereocenters. The van der Waals surface area contributed by atoms with Crippen LogP contribution in [0.2, 0.25) is 0 Å². The summed E-state index contributed by atoms with van der Waals surface area (Å²) in [6.45, 7) is 1.80. The van der Waals surface area contributed by atoms with E-state index < -0.39 is 5.69 Å². The quantitative estimate of drug-likeness (QED) is 0.599. The molecule has 0 aliphatic carbocycles. The van der Waals surface area contributed by atoms with Crippen LogP contribution in [0.5, 0.6) is 0 Å². The highest BCUT2D eigenvalue weighted by molar-refractivity contribution is 5.45. The zero-order valence-corrected chi connectivity index (χ0v) is 6.05. The standard InChI is InChI=1S/C7H8N2O2/c1-2-3-5-4-8-7(11)9-6(5)10/h2-4H,1H3,(H2,8,9,10,11). The van der Waals surface area contributed by atoms with E-state index >= 15 is 0 Å². The first-order chi connectivity index (χ1) is 5.24. The summed E-state index contributed by atoms with van der Waals surface area (Å²) in [5.74, 6) is 0. The molecule has 0 spiro atoms. The molecule has 0 fully saturated rings. The van der Waals surface area contributed by atoms with E-state index in [9.17, 15) is 9.59 Å². The molecule has 0 saturated carbocycles. The third kappa shape index (κ3) is 1.67. The summed E-state index contributed by atoms with van der Waals surface area (Å²) in [6.07, 6.45) is 4.72. The average Bonchev–Trinajstić information content (AvgIpc) is 1.95. The molecule has 1 aromatic rings. The fraction of sp³-hybridized carbons (Fsp3) is 0.143. The molecule has 4 heteroatoms. The summed E-state index contributed by atoms with van der Waals surface area (Å²) >= 11 is 0. The van der Waals surface area contributed by atoms with Crippen LogP contribution in [0.25, 0.3) is 6.08 Å². The predicted octanol–water partition coefficient (Wildman–Crippen LogP) is 0.0963. The van der Waals surface area contributed by atoms with Gasteiger partial charge in [0, 0.05) is 6.20 Å². The molecule has 0 aromatic carbocycles. The molecule has 0 radical (unpaired) electrons. The van der Waals surface area contributed by atoms with Gasteiger partial charge in [0.15, 0.2) is 0 Å². The molecule has 58 valence electrons. The Morgan fingerprint density at radius 3 is 2.73 bits per heavy atom. The lowest BCUT2D eigenvalue weighted by Crippen LogP contribution is -2.22. The zero-order chi connectivity index (χ0) is 8.27. The van der Waals surface area contributed by atoms with Gasteiger partial charge in [-0.3, -0.25) is 9.78 Å². The van der Waals surface area contributed by atoms with E-state index in [1.165, 1.54) is 6.20 Å². The van der Waals surface area contributed by atoms with Crippen molar-refractivity contribution in [3.05, 3.63) is 38.7 Å². The summed E-state index contributed by atoms with van der Waals surface area (Å²) in [7, 11) is 0. The van der Waals surface area contributed by atoms with E-state index in [4.69, 9.17) is 0 Å². The number of rotatable bonds is 1. The first-order valence-corrected chi connectivity index (χ1v) is 3.18. The van der Waals surface area contributed by atoms with Crippen LogP contribution >= 0.6 is 0 Å². The number of hydrogen-bond donors (Lipinski definition) is 2. The second kappa shape index (κ2) is 3.01. The Morgan fingerprint density at radius 1 is 1.45 bits per heavy atom. The number of aromatic nitrogens is 2. The van der Waals surface area contributed by atoms with E-state index in [1.54, 1.807) is 19.1 Å². The van der Waals surface area contributed by atoms with E-state index in [-0.39, 0.29) is 5.56 Å². The smallest absolute Gasteiger partial charge is 0.314 e. The van der Waals surface area contributed by atoms with E-state index in [0.717, 1.165) is 0 Å². The van der Waals surface area contributed by atoms with Gasteiger partial charge in [-0.1, -0.05) is 12.2 Å². The SMILES string of the molecule is CC=Cc1c[nH]c(=O)[nH]c1=O. The van der Waals surface area contributed by atoms with Gasteiger partial charge in [0.25, 0.3) is 5.56 Å². The number of allylic oxidation sites excluding steroid dienone is 1. The van der Waals surface area contributed by atoms with Gasteiger partial charge in [-0.15, -0.1) is 0 Å². The maximum absolute atomic E-state index is 10.9. The van der Waals surface area contributed by atoms with Crippen molar-refractivity contribution in [3.8, 4) is 0 Å². The number of aromatic amines is 2. The molecule has 0 aliphatic heterocycles. The van der Waals surface area contributed by atoms with Crippen molar-refractivity contribution in [1.82, 2.24) is 9.97 Å². The molecule has 0 bridgehead atoms. The van der Waals surface area contributed by atoms with Crippen LogP contribution in [-0.4, -0.2) is 9.97 Å². The fourth-order valence-corrected chi connectivity index (χ4v) is 0.724. The van der Waals surface area contributed by atoms with Crippen LogP contribution in [-0.2, 0) is 0 Å². The van der Waals surface area contributed by atoms with E-state index in [2.05, 4.69) is 9.97 Å². The molecule has 2 N–H and O–H groups in total. The molecular weight excluding hydrogens is 144 g/mol. The molecule has 1 heterocycles. The summed E-state index contributed by atoms with van der Waals surface area (Å²) in [6, 6.07) is 0. The monoisotopic (exact) mass is 152 g/mol. The Morgan fingerprint density at radius 2 is 2.18 bits per heavy atom. The Hall–Kier alpha value is -1.58. The Labute approximate surface area is 62.6 Å². The summed E-state index contributed by atoms with van der Waals surface area (Å²) in [4.78, 5) is 25.9. The third-order valence-corrected chi connectivity index (χ3v) is 1.19. The molecule has 1 aromatic heterocycles. The molecule has 0 amide bonds. The van der Waals surface area contributed by atoms with Crippen molar-refractivity contribution < 1.29 is 0 Å². The highest BCUT2D eigenvalue weighted by Gasteiger charge is 1.92. The van der Waals surface area contributed by atoms with Crippen molar-refractivity contribution in [2.75, 3.05) is 0 Å². The first-order valence-electron chi connectivity index (χ1n) is 3.18. The highest BCUT2D eigenvalue weighted by Crippen LogP contribution is 1.86. The van der Waals surface area contributed by atoms with Gasteiger partial charge in [0.1, 0.15) is 0 Å². The van der Waals surface area contributed by atoms with Crippen LogP contribution in [0, 0.1) is 0 Å². The third-order valence-electron chi connectivity index (χ3n) is 1.19. The topological polar surface area (TPSA) is 65.7 Å². The number of H-pyrrole nitrogens is 2. The lowest BCUT2D eigenvalue weighted by atomic mass is 10.3. The van der Waals surface area contributed by atoms with Gasteiger partial charge < -0.3 is 4.98 Å². The molecule has 0 saturated heterocycles. The molecule has 0 unspecified atom stereocenters. The van der Waals surface area contributed by atoms with Crippen molar-refractivity contribution >= 4 is 6.08 Å². The van der Waals surface area contributed by atoms with E-state index in [1.807, 2.05) is 0 Å². The van der Waals surface area contributed by atoms with Gasteiger partial charge in [-0.25, -0.2) is 4.79 Å². The van der Waals surface area contributed by atoms with Crippen molar-refractivity contribution in [3.63, 3.8) is 0 Å². The Balaban J connectivity index is 3.31. The number of nitrogens with one attached hydrogen (secondary N) is 2. The minimum atomic E-state index is -0.483. The first kappa shape index (κ1) is 7.53. The second-order valence-electron chi connectivity index (χ2n) is 2.03. The van der Waals surface area contributed by atoms with Gasteiger partial charge in [-0.05, 0) is 6.92 Å². The highest BCUT2D eigenvalue weighted by atomic mass is 16.2. The maximum atomic E-state index is 10.9. The van der Waals surface area contributed by atoms with Crippen LogP contribution in [0.4, 0.5) is 0 Å². The average molecular weight is 152 g/mol. The summed E-state index contributed by atoms with van der Waals surface area (Å²) in [5.41, 5.74) is -0.401. The van der Waals surface area contributed by atoms with Crippen LogP contribution in [0.15, 0.2) is 21.9 Å². The van der Waals surface area contributed by atoms with Gasteiger partial charge in [-0.2, -0.15) is 0 Å². The van der Waals surface area contributed by atoms with Crippen LogP contribution in [0.3, 0.4) is 0 Å². The summed E-state index contributed by atoms with van der Waals surface area (Å²) < 4.78 is 0. The van der Waals surface area contributed by atoms with Gasteiger partial charge in [0.05, 0.1) is 5.56 Å². The summed E-state index contributed by atoms with van der Waals surface area (Å²) in [5, 5.41) is 0. The fourth-order valence-electron chi connectivity index (χ4n) is 0.724. The van der Waals surface area contributed by atoms with Crippen molar-refractivity contribution in [2.45, 2.75) is 6.92 Å². The minimum absolute atomic E-state index is 0.369. The molecule has 11 heavy (non-hydrogen) atoms. The molecule has 1 rings (SSSR count). The van der Waals surface area contributed by atoms with Crippen molar-refractivity contribution in [2.24, 2.45) is 0 Å². The molecular formula is C7H8N2O2. The van der Waals surface area contributed by atoms with Gasteiger partial charge >= 0.3 is 5.69 Å². The minimum Gasteiger partial charge on any atom is -0.314 e. The lowest BCUT2D eigenvalue weighted by Gasteiger charge is -1.87.